The summed E-state index contributed by atoms with van der Waals surface area (Å²) in [7, 11) is 0. The average Bonchev–Trinajstić information content (AvgIpc) is 2.39. The molecule has 0 aromatic rings. The maximum absolute atomic E-state index is 11.6. The van der Waals surface area contributed by atoms with Crippen LogP contribution in [0.1, 0.15) is 6.92 Å². The molecule has 0 radical (unpaired) electrons. The van der Waals surface area contributed by atoms with E-state index in [-0.39, 0.29) is 12.0 Å². The highest BCUT2D eigenvalue weighted by atomic mass is 35.5. The zero-order valence-corrected chi connectivity index (χ0v) is 10.9. The fraction of sp³-hybridized carbons (Fsp3) is 0.700. The molecule has 0 spiro atoms. The largest absolute Gasteiger partial charge is 0.450 e. The van der Waals surface area contributed by atoms with Gasteiger partial charge in [0.2, 0.25) is 5.91 Å². The van der Waals surface area contributed by atoms with Crippen molar-refractivity contribution in [3.63, 3.8) is 0 Å². The van der Waals surface area contributed by atoms with Gasteiger partial charge in [0.15, 0.2) is 0 Å². The SMILES string of the molecule is CCOC(=O)N1CCN(C(=O)NC(=O)CCl)CC1. The van der Waals surface area contributed by atoms with Crippen molar-refractivity contribution < 1.29 is 19.1 Å². The summed E-state index contributed by atoms with van der Waals surface area (Å²) in [6, 6.07) is -0.482. The zero-order chi connectivity index (χ0) is 13.5. The lowest BCUT2D eigenvalue weighted by molar-refractivity contribution is -0.117. The van der Waals surface area contributed by atoms with Gasteiger partial charge in [-0.05, 0) is 6.92 Å². The van der Waals surface area contributed by atoms with Crippen LogP contribution >= 0.6 is 11.6 Å². The van der Waals surface area contributed by atoms with E-state index in [9.17, 15) is 14.4 Å². The van der Waals surface area contributed by atoms with E-state index >= 15 is 0 Å². The van der Waals surface area contributed by atoms with Crippen molar-refractivity contribution in [1.82, 2.24) is 15.1 Å². The molecule has 8 heteroatoms. The Morgan fingerprint density at radius 3 is 2.22 bits per heavy atom. The van der Waals surface area contributed by atoms with Gasteiger partial charge < -0.3 is 14.5 Å². The molecule has 1 N–H and O–H groups in total. The van der Waals surface area contributed by atoms with Crippen molar-refractivity contribution in [3.05, 3.63) is 0 Å². The molecule has 0 aromatic heterocycles. The van der Waals surface area contributed by atoms with Crippen LogP contribution < -0.4 is 5.32 Å². The number of hydrogen-bond acceptors (Lipinski definition) is 4. The molecule has 0 unspecified atom stereocenters. The third-order valence-electron chi connectivity index (χ3n) is 2.46. The summed E-state index contributed by atoms with van der Waals surface area (Å²) in [4.78, 5) is 36.9. The van der Waals surface area contributed by atoms with Gasteiger partial charge in [-0.15, -0.1) is 11.6 Å². The number of piperazine rings is 1. The van der Waals surface area contributed by atoms with E-state index in [1.807, 2.05) is 0 Å². The maximum Gasteiger partial charge on any atom is 0.409 e. The molecule has 0 atom stereocenters. The minimum Gasteiger partial charge on any atom is -0.450 e. The molecule has 18 heavy (non-hydrogen) atoms. The molecule has 1 aliphatic rings. The van der Waals surface area contributed by atoms with Crippen molar-refractivity contribution in [2.24, 2.45) is 0 Å². The van der Waals surface area contributed by atoms with Gasteiger partial charge in [0.25, 0.3) is 0 Å². The van der Waals surface area contributed by atoms with E-state index in [0.717, 1.165) is 0 Å². The predicted octanol–water partition coefficient (Wildman–Crippen LogP) is 0.236. The van der Waals surface area contributed by atoms with Crippen LogP contribution in [0.2, 0.25) is 0 Å². The van der Waals surface area contributed by atoms with Crippen molar-refractivity contribution in [2.75, 3.05) is 38.7 Å². The first kappa shape index (κ1) is 14.6. The number of nitrogens with zero attached hydrogens (tertiary/aromatic N) is 2. The van der Waals surface area contributed by atoms with Gasteiger partial charge in [-0.3, -0.25) is 10.1 Å². The van der Waals surface area contributed by atoms with E-state index in [4.69, 9.17) is 16.3 Å². The lowest BCUT2D eigenvalue weighted by atomic mass is 10.3. The van der Waals surface area contributed by atoms with Crippen LogP contribution in [-0.2, 0) is 9.53 Å². The van der Waals surface area contributed by atoms with E-state index in [0.29, 0.717) is 32.8 Å². The standard InChI is InChI=1S/C10H16ClN3O4/c1-2-18-10(17)14-5-3-13(4-6-14)9(16)12-8(15)7-11/h2-7H2,1H3,(H,12,15,16). The molecule has 102 valence electrons. The van der Waals surface area contributed by atoms with Gasteiger partial charge >= 0.3 is 12.1 Å². The van der Waals surface area contributed by atoms with Crippen LogP contribution in [0, 0.1) is 0 Å². The van der Waals surface area contributed by atoms with E-state index in [1.54, 1.807) is 6.92 Å². The third-order valence-corrected chi connectivity index (χ3v) is 2.70. The normalized spacial score (nSPS) is 15.2. The first-order valence-corrected chi connectivity index (χ1v) is 6.18. The van der Waals surface area contributed by atoms with E-state index in [1.165, 1.54) is 9.80 Å². The summed E-state index contributed by atoms with van der Waals surface area (Å²) in [5, 5.41) is 2.15. The van der Waals surface area contributed by atoms with Gasteiger partial charge in [0.05, 0.1) is 6.61 Å². The quantitative estimate of drug-likeness (QED) is 0.733. The molecule has 4 amide bonds. The van der Waals surface area contributed by atoms with Crippen LogP contribution in [0.5, 0.6) is 0 Å². The Bertz CT molecular complexity index is 329. The van der Waals surface area contributed by atoms with Gasteiger partial charge in [0, 0.05) is 26.2 Å². The first-order valence-electron chi connectivity index (χ1n) is 5.65. The monoisotopic (exact) mass is 277 g/mol. The first-order chi connectivity index (χ1) is 8.58. The number of alkyl halides is 1. The van der Waals surface area contributed by atoms with Crippen LogP contribution in [0.25, 0.3) is 0 Å². The van der Waals surface area contributed by atoms with Crippen LogP contribution in [0.4, 0.5) is 9.59 Å². The van der Waals surface area contributed by atoms with Crippen LogP contribution in [0.15, 0.2) is 0 Å². The zero-order valence-electron chi connectivity index (χ0n) is 10.1. The smallest absolute Gasteiger partial charge is 0.409 e. The minimum atomic E-state index is -0.533. The highest BCUT2D eigenvalue weighted by Gasteiger charge is 2.25. The number of urea groups is 1. The Balaban J connectivity index is 2.37. The van der Waals surface area contributed by atoms with Crippen LogP contribution in [0.3, 0.4) is 0 Å². The summed E-state index contributed by atoms with van der Waals surface area (Å²) in [5.41, 5.74) is 0. The summed E-state index contributed by atoms with van der Waals surface area (Å²) < 4.78 is 4.86. The molecule has 0 saturated carbocycles. The molecule has 0 bridgehead atoms. The number of nitrogens with one attached hydrogen (secondary N) is 1. The molecule has 7 nitrogen and oxygen atoms in total. The topological polar surface area (TPSA) is 79.0 Å². The summed E-state index contributed by atoms with van der Waals surface area (Å²) in [6.07, 6.45) is -0.380. The number of rotatable bonds is 2. The number of halogens is 1. The fourth-order valence-electron chi connectivity index (χ4n) is 1.54. The third kappa shape index (κ3) is 4.06. The molecule has 1 saturated heterocycles. The molecule has 1 fully saturated rings. The molecule has 0 aliphatic carbocycles. The summed E-state index contributed by atoms with van der Waals surface area (Å²) in [5.74, 6) is -0.788. The Kier molecular flexibility index (Phi) is 5.70. The lowest BCUT2D eigenvalue weighted by Crippen LogP contribution is -2.54. The number of ether oxygens (including phenoxy) is 1. The van der Waals surface area contributed by atoms with E-state index in [2.05, 4.69) is 5.32 Å². The van der Waals surface area contributed by atoms with Crippen molar-refractivity contribution in [2.45, 2.75) is 6.92 Å². The van der Waals surface area contributed by atoms with Crippen molar-refractivity contribution in [1.29, 1.82) is 0 Å². The molecule has 1 rings (SSSR count). The lowest BCUT2D eigenvalue weighted by Gasteiger charge is -2.33. The average molecular weight is 278 g/mol. The number of carbonyl (C=O) groups is 3. The Labute approximate surface area is 110 Å². The maximum atomic E-state index is 11.6. The Morgan fingerprint density at radius 1 is 1.17 bits per heavy atom. The Hall–Kier alpha value is -1.50. The number of hydrogen-bond donors (Lipinski definition) is 1. The fourth-order valence-corrected chi connectivity index (χ4v) is 1.61. The van der Waals surface area contributed by atoms with Gasteiger partial charge in [0.1, 0.15) is 5.88 Å². The van der Waals surface area contributed by atoms with Crippen LogP contribution in [-0.4, -0.2) is 66.5 Å². The van der Waals surface area contributed by atoms with E-state index < -0.39 is 11.9 Å². The van der Waals surface area contributed by atoms with Crippen molar-refractivity contribution in [3.8, 4) is 0 Å². The molecular formula is C10H16ClN3O4. The number of carbonyl (C=O) groups excluding carboxylic acids is 3. The number of amides is 4. The highest BCUT2D eigenvalue weighted by Crippen LogP contribution is 2.04. The predicted molar refractivity (Wildman–Crippen MR) is 64.4 cm³/mol. The molecular weight excluding hydrogens is 262 g/mol. The second kappa shape index (κ2) is 7.05. The second-order valence-corrected chi connectivity index (χ2v) is 3.93. The second-order valence-electron chi connectivity index (χ2n) is 3.66. The van der Waals surface area contributed by atoms with Gasteiger partial charge in [-0.25, -0.2) is 9.59 Å². The molecule has 0 aromatic carbocycles. The summed E-state index contributed by atoms with van der Waals surface area (Å²) >= 11 is 5.28. The van der Waals surface area contributed by atoms with Crippen molar-refractivity contribution >= 4 is 29.6 Å². The van der Waals surface area contributed by atoms with Gasteiger partial charge in [-0.2, -0.15) is 0 Å². The minimum absolute atomic E-state index is 0.255. The molecule has 1 aliphatic heterocycles. The molecule has 1 heterocycles. The number of imide groups is 1. The van der Waals surface area contributed by atoms with Gasteiger partial charge in [-0.1, -0.05) is 0 Å². The Morgan fingerprint density at radius 2 is 1.72 bits per heavy atom. The highest BCUT2D eigenvalue weighted by molar-refractivity contribution is 6.28. The summed E-state index contributed by atoms with van der Waals surface area (Å²) in [6.45, 7) is 3.56.